The normalized spacial score (nSPS) is 14.0. The summed E-state index contributed by atoms with van der Waals surface area (Å²) in [6.07, 6.45) is 4.48. The van der Waals surface area contributed by atoms with Crippen molar-refractivity contribution in [1.29, 1.82) is 0 Å². The molecule has 1 aliphatic rings. The van der Waals surface area contributed by atoms with Gasteiger partial charge in [-0.15, -0.1) is 0 Å². The molecule has 1 aromatic heterocycles. The Hall–Kier alpha value is -2.31. The maximum atomic E-state index is 9.10. The van der Waals surface area contributed by atoms with Crippen LogP contribution in [0.5, 0.6) is 0 Å². The quantitative estimate of drug-likeness (QED) is 0.800. The van der Waals surface area contributed by atoms with E-state index in [1.54, 1.807) is 0 Å². The zero-order chi connectivity index (χ0) is 18.4. The number of aromatic nitrogens is 1. The van der Waals surface area contributed by atoms with Crippen molar-refractivity contribution in [2.45, 2.75) is 19.4 Å². The average molecular weight is 365 g/mol. The average Bonchev–Trinajstić information content (AvgIpc) is 2.80. The number of aryl methyl sites for hydroxylation is 1. The Morgan fingerprint density at radius 3 is 2.24 bits per heavy atom. The molecule has 0 fully saturated rings. The number of hydrogen-bond donors (Lipinski definition) is 2. The molecule has 1 aromatic carbocycles. The summed E-state index contributed by atoms with van der Waals surface area (Å²) < 4.78 is 2.27. The SMILES string of the molecule is Cn1ccc2c1CCN(Cc1ccc(Cl)cc1)CC2.O=C(O)C(=O)O. The summed E-state index contributed by atoms with van der Waals surface area (Å²) in [6.45, 7) is 3.29. The van der Waals surface area contributed by atoms with Crippen LogP contribution in [-0.4, -0.2) is 44.7 Å². The summed E-state index contributed by atoms with van der Waals surface area (Å²) in [6, 6.07) is 10.5. The van der Waals surface area contributed by atoms with Crippen LogP contribution in [0, 0.1) is 0 Å². The highest BCUT2D eigenvalue weighted by Gasteiger charge is 2.16. The van der Waals surface area contributed by atoms with Crippen LogP contribution in [0.3, 0.4) is 0 Å². The number of hydrogen-bond acceptors (Lipinski definition) is 3. The van der Waals surface area contributed by atoms with Crippen molar-refractivity contribution < 1.29 is 19.8 Å². The predicted molar refractivity (Wildman–Crippen MR) is 94.8 cm³/mol. The third kappa shape index (κ3) is 5.62. The van der Waals surface area contributed by atoms with Gasteiger partial charge in [0.15, 0.2) is 0 Å². The zero-order valence-electron chi connectivity index (χ0n) is 14.0. The summed E-state index contributed by atoms with van der Waals surface area (Å²) in [4.78, 5) is 20.7. The molecule has 1 aliphatic heterocycles. The lowest BCUT2D eigenvalue weighted by atomic mass is 10.1. The highest BCUT2D eigenvalue weighted by atomic mass is 35.5. The molecule has 2 heterocycles. The Kier molecular flexibility index (Phi) is 6.61. The fourth-order valence-electron chi connectivity index (χ4n) is 2.84. The van der Waals surface area contributed by atoms with E-state index in [4.69, 9.17) is 31.4 Å². The lowest BCUT2D eigenvalue weighted by Gasteiger charge is -2.20. The lowest BCUT2D eigenvalue weighted by molar-refractivity contribution is -0.159. The van der Waals surface area contributed by atoms with Gasteiger partial charge in [0.2, 0.25) is 0 Å². The third-order valence-electron chi connectivity index (χ3n) is 4.16. The number of rotatable bonds is 2. The number of benzene rings is 1. The minimum absolute atomic E-state index is 0.812. The molecule has 6 nitrogen and oxygen atoms in total. The number of carbonyl (C=O) groups is 2. The lowest BCUT2D eigenvalue weighted by Crippen LogP contribution is -2.26. The molecule has 0 saturated heterocycles. The molecule has 3 rings (SSSR count). The molecule has 25 heavy (non-hydrogen) atoms. The molecule has 0 aliphatic carbocycles. The standard InChI is InChI=1S/C16H19ClN2.C2H2O4/c1-18-9-6-14-7-10-19(11-8-16(14)18)12-13-2-4-15(17)5-3-13;3-1(4)2(5)6/h2-6,9H,7-8,10-12H2,1H3;(H,3,4)(H,5,6). The van der Waals surface area contributed by atoms with Gasteiger partial charge in [-0.05, 0) is 35.7 Å². The summed E-state index contributed by atoms with van der Waals surface area (Å²) in [5.74, 6) is -3.65. The largest absolute Gasteiger partial charge is 0.473 e. The summed E-state index contributed by atoms with van der Waals surface area (Å²) in [5.41, 5.74) is 4.36. The van der Waals surface area contributed by atoms with Gasteiger partial charge in [-0.2, -0.15) is 0 Å². The Morgan fingerprint density at radius 2 is 1.64 bits per heavy atom. The predicted octanol–water partition coefficient (Wildman–Crippen LogP) is 2.43. The van der Waals surface area contributed by atoms with Crippen molar-refractivity contribution in [2.75, 3.05) is 13.1 Å². The second kappa shape index (κ2) is 8.69. The smallest absolute Gasteiger partial charge is 0.414 e. The summed E-state index contributed by atoms with van der Waals surface area (Å²) >= 11 is 5.93. The molecular weight excluding hydrogens is 344 g/mol. The first kappa shape index (κ1) is 19.0. The van der Waals surface area contributed by atoms with Gasteiger partial charge in [-0.3, -0.25) is 4.90 Å². The molecule has 2 N–H and O–H groups in total. The maximum absolute atomic E-state index is 9.10. The first-order chi connectivity index (χ1) is 11.9. The van der Waals surface area contributed by atoms with Gasteiger partial charge in [0.05, 0.1) is 0 Å². The highest BCUT2D eigenvalue weighted by molar-refractivity contribution is 6.30. The van der Waals surface area contributed by atoms with Crippen LogP contribution in [0.25, 0.3) is 0 Å². The van der Waals surface area contributed by atoms with Gasteiger partial charge in [0.25, 0.3) is 0 Å². The van der Waals surface area contributed by atoms with Gasteiger partial charge >= 0.3 is 11.9 Å². The molecule has 2 aromatic rings. The van der Waals surface area contributed by atoms with E-state index in [1.165, 1.54) is 16.8 Å². The minimum Gasteiger partial charge on any atom is -0.473 e. The van der Waals surface area contributed by atoms with Crippen molar-refractivity contribution in [3.63, 3.8) is 0 Å². The van der Waals surface area contributed by atoms with E-state index in [0.717, 1.165) is 37.5 Å². The number of halogens is 1. The maximum Gasteiger partial charge on any atom is 0.414 e. The monoisotopic (exact) mass is 364 g/mol. The molecule has 0 radical (unpaired) electrons. The van der Waals surface area contributed by atoms with E-state index in [-0.39, 0.29) is 0 Å². The zero-order valence-corrected chi connectivity index (χ0v) is 14.7. The second-order valence-corrected chi connectivity index (χ2v) is 6.35. The second-order valence-electron chi connectivity index (χ2n) is 5.91. The van der Waals surface area contributed by atoms with Gasteiger partial charge in [-0.1, -0.05) is 23.7 Å². The van der Waals surface area contributed by atoms with E-state index >= 15 is 0 Å². The van der Waals surface area contributed by atoms with Gasteiger partial charge in [-0.25, -0.2) is 9.59 Å². The summed E-state index contributed by atoms with van der Waals surface area (Å²) in [7, 11) is 2.15. The molecule has 0 saturated carbocycles. The fourth-order valence-corrected chi connectivity index (χ4v) is 2.97. The Bertz CT molecular complexity index is 728. The van der Waals surface area contributed by atoms with Crippen molar-refractivity contribution in [1.82, 2.24) is 9.47 Å². The molecule has 0 bridgehead atoms. The number of nitrogens with zero attached hydrogens (tertiary/aromatic N) is 2. The summed E-state index contributed by atoms with van der Waals surface area (Å²) in [5, 5.41) is 15.6. The van der Waals surface area contributed by atoms with E-state index in [9.17, 15) is 0 Å². The van der Waals surface area contributed by atoms with Crippen LogP contribution in [0.2, 0.25) is 5.02 Å². The first-order valence-corrected chi connectivity index (χ1v) is 8.30. The molecule has 7 heteroatoms. The molecule has 0 spiro atoms. The van der Waals surface area contributed by atoms with Gasteiger partial charge < -0.3 is 14.8 Å². The van der Waals surface area contributed by atoms with Crippen molar-refractivity contribution in [3.8, 4) is 0 Å². The van der Waals surface area contributed by atoms with Gasteiger partial charge in [0, 0.05) is 50.0 Å². The van der Waals surface area contributed by atoms with Gasteiger partial charge in [0.1, 0.15) is 0 Å². The number of carboxylic acid groups (broad SMARTS) is 2. The van der Waals surface area contributed by atoms with Crippen LogP contribution in [0.15, 0.2) is 36.5 Å². The molecule has 0 atom stereocenters. The number of fused-ring (bicyclic) bond motifs is 1. The fraction of sp³-hybridized carbons (Fsp3) is 0.333. The van der Waals surface area contributed by atoms with Crippen LogP contribution in [-0.2, 0) is 36.0 Å². The molecule has 0 unspecified atom stereocenters. The van der Waals surface area contributed by atoms with Crippen LogP contribution >= 0.6 is 11.6 Å². The van der Waals surface area contributed by atoms with Crippen molar-refractivity contribution in [3.05, 3.63) is 58.4 Å². The third-order valence-corrected chi connectivity index (χ3v) is 4.41. The van der Waals surface area contributed by atoms with E-state index in [1.807, 2.05) is 12.1 Å². The van der Waals surface area contributed by atoms with Crippen molar-refractivity contribution in [2.24, 2.45) is 7.05 Å². The Labute approximate surface area is 151 Å². The Balaban J connectivity index is 0.000000326. The molecular formula is C18H21ClN2O4. The Morgan fingerprint density at radius 1 is 1.04 bits per heavy atom. The van der Waals surface area contributed by atoms with Crippen LogP contribution in [0.1, 0.15) is 16.8 Å². The van der Waals surface area contributed by atoms with E-state index < -0.39 is 11.9 Å². The first-order valence-electron chi connectivity index (χ1n) is 7.93. The molecule has 134 valence electrons. The van der Waals surface area contributed by atoms with Crippen LogP contribution in [0.4, 0.5) is 0 Å². The van der Waals surface area contributed by atoms with Crippen LogP contribution < -0.4 is 0 Å². The number of carboxylic acids is 2. The van der Waals surface area contributed by atoms with E-state index in [2.05, 4.69) is 40.9 Å². The topological polar surface area (TPSA) is 82.8 Å². The number of aliphatic carboxylic acids is 2. The minimum atomic E-state index is -1.82. The highest BCUT2D eigenvalue weighted by Crippen LogP contribution is 2.18. The van der Waals surface area contributed by atoms with E-state index in [0.29, 0.717) is 0 Å². The molecule has 0 amide bonds. The van der Waals surface area contributed by atoms with Crippen molar-refractivity contribution >= 4 is 23.5 Å².